The molecule has 0 saturated carbocycles. The Bertz CT molecular complexity index is 550. The molecule has 1 aromatic heterocycles. The molecule has 0 amide bonds. The number of ether oxygens (including phenoxy) is 1. The SMILES string of the molecule is CCNC(CCc1ccsc1)c1ccc2c(c1)COC2. The summed E-state index contributed by atoms with van der Waals surface area (Å²) in [5, 5.41) is 8.02. The highest BCUT2D eigenvalue weighted by atomic mass is 32.1. The van der Waals surface area contributed by atoms with Crippen LogP contribution < -0.4 is 5.32 Å². The molecule has 0 bridgehead atoms. The van der Waals surface area contributed by atoms with Crippen molar-refractivity contribution in [1.82, 2.24) is 5.32 Å². The molecule has 2 nitrogen and oxygen atoms in total. The second kappa shape index (κ2) is 6.53. The molecule has 20 heavy (non-hydrogen) atoms. The zero-order valence-corrected chi connectivity index (χ0v) is 12.7. The van der Waals surface area contributed by atoms with E-state index in [-0.39, 0.29) is 0 Å². The van der Waals surface area contributed by atoms with Crippen molar-refractivity contribution in [2.24, 2.45) is 0 Å². The molecule has 1 aliphatic heterocycles. The van der Waals surface area contributed by atoms with E-state index in [9.17, 15) is 0 Å². The van der Waals surface area contributed by atoms with Gasteiger partial charge in [0.15, 0.2) is 0 Å². The van der Waals surface area contributed by atoms with Crippen LogP contribution in [0.1, 0.15) is 41.6 Å². The number of nitrogens with one attached hydrogen (secondary N) is 1. The van der Waals surface area contributed by atoms with Crippen LogP contribution in [0.3, 0.4) is 0 Å². The molecule has 2 heterocycles. The number of hydrogen-bond donors (Lipinski definition) is 1. The first-order valence-electron chi connectivity index (χ1n) is 7.30. The van der Waals surface area contributed by atoms with Crippen LogP contribution in [0.5, 0.6) is 0 Å². The van der Waals surface area contributed by atoms with E-state index in [0.29, 0.717) is 6.04 Å². The van der Waals surface area contributed by atoms with Crippen LogP contribution in [0.4, 0.5) is 0 Å². The minimum absolute atomic E-state index is 0.436. The van der Waals surface area contributed by atoms with E-state index in [2.05, 4.69) is 47.3 Å². The molecule has 0 radical (unpaired) electrons. The molecular formula is C17H21NOS. The normalized spacial score (nSPS) is 15.2. The molecule has 0 saturated heterocycles. The highest BCUT2D eigenvalue weighted by molar-refractivity contribution is 7.07. The smallest absolute Gasteiger partial charge is 0.0725 e. The molecule has 3 heteroatoms. The first-order valence-corrected chi connectivity index (χ1v) is 8.25. The number of benzene rings is 1. The van der Waals surface area contributed by atoms with Gasteiger partial charge in [-0.1, -0.05) is 25.1 Å². The van der Waals surface area contributed by atoms with Gasteiger partial charge in [0.05, 0.1) is 13.2 Å². The second-order valence-corrected chi connectivity index (χ2v) is 6.08. The van der Waals surface area contributed by atoms with E-state index in [0.717, 1.165) is 32.6 Å². The van der Waals surface area contributed by atoms with Crippen molar-refractivity contribution in [2.75, 3.05) is 6.54 Å². The summed E-state index contributed by atoms with van der Waals surface area (Å²) in [4.78, 5) is 0. The lowest BCUT2D eigenvalue weighted by Crippen LogP contribution is -2.21. The van der Waals surface area contributed by atoms with E-state index in [1.807, 2.05) is 0 Å². The minimum atomic E-state index is 0.436. The number of aryl methyl sites for hydroxylation is 1. The highest BCUT2D eigenvalue weighted by Gasteiger charge is 2.16. The predicted molar refractivity (Wildman–Crippen MR) is 84.0 cm³/mol. The Hall–Kier alpha value is -1.16. The maximum atomic E-state index is 5.51. The fraction of sp³-hybridized carbons (Fsp3) is 0.412. The van der Waals surface area contributed by atoms with Gasteiger partial charge in [0.2, 0.25) is 0 Å². The molecule has 1 N–H and O–H groups in total. The van der Waals surface area contributed by atoms with Crippen LogP contribution in [0.2, 0.25) is 0 Å². The van der Waals surface area contributed by atoms with Crippen molar-refractivity contribution in [1.29, 1.82) is 0 Å². The summed E-state index contributed by atoms with van der Waals surface area (Å²) in [6.45, 7) is 4.72. The molecule has 1 atom stereocenters. The largest absolute Gasteiger partial charge is 0.372 e. The van der Waals surface area contributed by atoms with E-state index in [4.69, 9.17) is 4.74 Å². The standard InChI is InChI=1S/C17H21NOS/c1-2-18-17(6-3-13-7-8-20-12-13)14-4-5-15-10-19-11-16(15)9-14/h4-5,7-9,12,17-18H,2-3,6,10-11H2,1H3. The number of hydrogen-bond acceptors (Lipinski definition) is 3. The molecule has 106 valence electrons. The van der Waals surface area contributed by atoms with Crippen LogP contribution in [0.15, 0.2) is 35.0 Å². The third-order valence-electron chi connectivity index (χ3n) is 3.90. The summed E-state index contributed by atoms with van der Waals surface area (Å²) < 4.78 is 5.51. The van der Waals surface area contributed by atoms with Crippen molar-refractivity contribution in [3.05, 3.63) is 57.3 Å². The maximum absolute atomic E-state index is 5.51. The molecule has 3 rings (SSSR count). The predicted octanol–water partition coefficient (Wildman–Crippen LogP) is 4.06. The van der Waals surface area contributed by atoms with Gasteiger partial charge in [-0.25, -0.2) is 0 Å². The van der Waals surface area contributed by atoms with Gasteiger partial charge in [0, 0.05) is 6.04 Å². The average Bonchev–Trinajstić information content (AvgIpc) is 3.13. The number of rotatable bonds is 6. The molecule has 0 fully saturated rings. The van der Waals surface area contributed by atoms with Crippen molar-refractivity contribution in [2.45, 2.75) is 39.0 Å². The third-order valence-corrected chi connectivity index (χ3v) is 4.63. The van der Waals surface area contributed by atoms with E-state index < -0.39 is 0 Å². The lowest BCUT2D eigenvalue weighted by atomic mass is 9.97. The minimum Gasteiger partial charge on any atom is -0.372 e. The Morgan fingerprint density at radius 1 is 1.25 bits per heavy atom. The summed E-state index contributed by atoms with van der Waals surface area (Å²) in [5.41, 5.74) is 5.55. The summed E-state index contributed by atoms with van der Waals surface area (Å²) in [7, 11) is 0. The molecule has 1 aromatic carbocycles. The van der Waals surface area contributed by atoms with E-state index in [1.165, 1.54) is 22.3 Å². The molecular weight excluding hydrogens is 266 g/mol. The third kappa shape index (κ3) is 3.11. The zero-order chi connectivity index (χ0) is 13.8. The topological polar surface area (TPSA) is 21.3 Å². The van der Waals surface area contributed by atoms with Crippen molar-refractivity contribution in [3.63, 3.8) is 0 Å². The fourth-order valence-corrected chi connectivity index (χ4v) is 3.49. The zero-order valence-electron chi connectivity index (χ0n) is 11.9. The Kier molecular flexibility index (Phi) is 4.51. The van der Waals surface area contributed by atoms with Gasteiger partial charge < -0.3 is 10.1 Å². The van der Waals surface area contributed by atoms with Crippen LogP contribution in [-0.4, -0.2) is 6.54 Å². The van der Waals surface area contributed by atoms with Gasteiger partial charge in [-0.2, -0.15) is 11.3 Å². The summed E-state index contributed by atoms with van der Waals surface area (Å²) in [6.07, 6.45) is 2.28. The lowest BCUT2D eigenvalue weighted by molar-refractivity contribution is 0.134. The summed E-state index contributed by atoms with van der Waals surface area (Å²) >= 11 is 1.78. The Balaban J connectivity index is 1.72. The van der Waals surface area contributed by atoms with Crippen LogP contribution in [0, 0.1) is 0 Å². The molecule has 1 unspecified atom stereocenters. The second-order valence-electron chi connectivity index (χ2n) is 5.30. The van der Waals surface area contributed by atoms with Crippen molar-refractivity contribution >= 4 is 11.3 Å². The number of fused-ring (bicyclic) bond motifs is 1. The summed E-state index contributed by atoms with van der Waals surface area (Å²) in [5.74, 6) is 0. The molecule has 1 aliphatic rings. The van der Waals surface area contributed by atoms with Gasteiger partial charge in [-0.3, -0.25) is 0 Å². The first kappa shape index (κ1) is 13.8. The lowest BCUT2D eigenvalue weighted by Gasteiger charge is -2.19. The van der Waals surface area contributed by atoms with Gasteiger partial charge in [0.25, 0.3) is 0 Å². The Morgan fingerprint density at radius 2 is 2.15 bits per heavy atom. The molecule has 0 aliphatic carbocycles. The number of thiophene rings is 1. The van der Waals surface area contributed by atoms with Gasteiger partial charge in [-0.05, 0) is 58.5 Å². The van der Waals surface area contributed by atoms with Gasteiger partial charge in [0.1, 0.15) is 0 Å². The van der Waals surface area contributed by atoms with Crippen molar-refractivity contribution in [3.8, 4) is 0 Å². The van der Waals surface area contributed by atoms with E-state index >= 15 is 0 Å². The maximum Gasteiger partial charge on any atom is 0.0725 e. The van der Waals surface area contributed by atoms with Gasteiger partial charge >= 0.3 is 0 Å². The molecule has 2 aromatic rings. The summed E-state index contributed by atoms with van der Waals surface area (Å²) in [6, 6.07) is 9.47. The average molecular weight is 287 g/mol. The van der Waals surface area contributed by atoms with Crippen LogP contribution in [-0.2, 0) is 24.4 Å². The molecule has 0 spiro atoms. The fourth-order valence-electron chi connectivity index (χ4n) is 2.79. The monoisotopic (exact) mass is 287 g/mol. The highest BCUT2D eigenvalue weighted by Crippen LogP contribution is 2.26. The quantitative estimate of drug-likeness (QED) is 0.865. The van der Waals surface area contributed by atoms with E-state index in [1.54, 1.807) is 11.3 Å². The van der Waals surface area contributed by atoms with Crippen LogP contribution in [0.25, 0.3) is 0 Å². The van der Waals surface area contributed by atoms with Crippen LogP contribution >= 0.6 is 11.3 Å². The Labute approximate surface area is 124 Å². The first-order chi connectivity index (χ1) is 9.86. The van der Waals surface area contributed by atoms with Crippen molar-refractivity contribution < 1.29 is 4.74 Å². The Morgan fingerprint density at radius 3 is 2.95 bits per heavy atom. The van der Waals surface area contributed by atoms with Gasteiger partial charge in [-0.15, -0.1) is 0 Å².